The van der Waals surface area contributed by atoms with Crippen molar-refractivity contribution in [3.63, 3.8) is 0 Å². The van der Waals surface area contributed by atoms with Gasteiger partial charge in [0.15, 0.2) is 0 Å². The molecule has 4 aromatic rings. The van der Waals surface area contributed by atoms with Gasteiger partial charge in [0.25, 0.3) is 0 Å². The Morgan fingerprint density at radius 1 is 0.882 bits per heavy atom. The molecule has 4 nitrogen and oxygen atoms in total. The van der Waals surface area contributed by atoms with Crippen LogP contribution in [0.25, 0.3) is 11.1 Å². The van der Waals surface area contributed by atoms with E-state index >= 15 is 0 Å². The molecule has 1 heterocycles. The van der Waals surface area contributed by atoms with E-state index in [-0.39, 0.29) is 11.5 Å². The fourth-order valence-corrected chi connectivity index (χ4v) is 4.58. The van der Waals surface area contributed by atoms with Crippen molar-refractivity contribution in [2.45, 2.75) is 18.8 Å². The second-order valence-corrected chi connectivity index (χ2v) is 8.74. The summed E-state index contributed by atoms with van der Waals surface area (Å²) in [6, 6.07) is 26.1. The molecule has 170 valence electrons. The quantitative estimate of drug-likeness (QED) is 0.207. The molecule has 1 N–H and O–H groups in total. The van der Waals surface area contributed by atoms with Gasteiger partial charge < -0.3 is 5.11 Å². The number of hydrogen-bond donors (Lipinski definition) is 1. The average molecular weight is 490 g/mol. The Morgan fingerprint density at radius 3 is 2.06 bits per heavy atom. The second-order valence-electron chi connectivity index (χ2n) is 7.96. The molecule has 0 fully saturated rings. The molecule has 4 rings (SSSR count). The van der Waals surface area contributed by atoms with Crippen molar-refractivity contribution in [3.8, 4) is 11.1 Å². The molecule has 0 radical (unpaired) electrons. The molecule has 0 aliphatic carbocycles. The lowest BCUT2D eigenvalue weighted by atomic mass is 9.84. The van der Waals surface area contributed by atoms with Gasteiger partial charge in [-0.15, -0.1) is 0 Å². The number of rotatable bonds is 8. The van der Waals surface area contributed by atoms with Crippen molar-refractivity contribution >= 4 is 35.5 Å². The Labute approximate surface area is 207 Å². The van der Waals surface area contributed by atoms with Crippen LogP contribution in [0.3, 0.4) is 0 Å². The minimum absolute atomic E-state index is 0.0809. The van der Waals surface area contributed by atoms with Gasteiger partial charge in [0.1, 0.15) is 16.6 Å². The molecule has 0 saturated heterocycles. The third-order valence-electron chi connectivity index (χ3n) is 5.83. The van der Waals surface area contributed by atoms with E-state index in [9.17, 15) is 9.59 Å². The first-order chi connectivity index (χ1) is 16.4. The Morgan fingerprint density at radius 2 is 1.47 bits per heavy atom. The van der Waals surface area contributed by atoms with Gasteiger partial charge in [-0.3, -0.25) is 4.79 Å². The zero-order valence-electron chi connectivity index (χ0n) is 18.1. The summed E-state index contributed by atoms with van der Waals surface area (Å²) in [7, 11) is 0. The van der Waals surface area contributed by atoms with E-state index in [1.807, 2.05) is 48.5 Å². The van der Waals surface area contributed by atoms with Crippen molar-refractivity contribution in [1.29, 1.82) is 0 Å². The van der Waals surface area contributed by atoms with E-state index in [0.29, 0.717) is 15.9 Å². The number of aldehydes is 1. The Hall–Kier alpha value is -3.47. The van der Waals surface area contributed by atoms with Crippen LogP contribution in [0.15, 0.2) is 84.9 Å². The number of carbonyl (C=O) groups excluding carboxylic acids is 1. The molecule has 1 aromatic heterocycles. The average Bonchev–Trinajstić information content (AvgIpc) is 2.84. The van der Waals surface area contributed by atoms with Crippen molar-refractivity contribution < 1.29 is 14.7 Å². The first kappa shape index (κ1) is 23.7. The summed E-state index contributed by atoms with van der Waals surface area (Å²) < 4.78 is 0. The summed E-state index contributed by atoms with van der Waals surface area (Å²) in [6.07, 6.45) is 2.39. The van der Waals surface area contributed by atoms with E-state index < -0.39 is 5.97 Å². The summed E-state index contributed by atoms with van der Waals surface area (Å²) in [5.41, 5.74) is 5.84. The summed E-state index contributed by atoms with van der Waals surface area (Å²) in [6.45, 7) is 0. The van der Waals surface area contributed by atoms with Crippen LogP contribution >= 0.6 is 23.2 Å². The number of nitrogens with zero attached hydrogens (tertiary/aromatic N) is 1. The van der Waals surface area contributed by atoms with E-state index in [2.05, 4.69) is 17.1 Å². The highest BCUT2D eigenvalue weighted by Crippen LogP contribution is 2.34. The minimum Gasteiger partial charge on any atom is -0.478 e. The largest absolute Gasteiger partial charge is 0.478 e. The first-order valence-corrected chi connectivity index (χ1v) is 11.5. The van der Waals surface area contributed by atoms with Crippen LogP contribution in [0.1, 0.15) is 49.7 Å². The standard InChI is InChI=1S/C28H21Cl2NO3/c29-26-15-23(16-27(30)31-26)25(24-4-2-1-3-22(24)17-32)14-7-18-5-8-19(9-6-18)20-10-12-21(13-11-20)28(33)34/h1-6,8-13,15-17,25H,7,14H2,(H,33,34)/t25-/m1/s1. The highest BCUT2D eigenvalue weighted by molar-refractivity contribution is 6.32. The van der Waals surface area contributed by atoms with E-state index in [0.717, 1.165) is 46.9 Å². The normalized spacial score (nSPS) is 11.7. The number of benzene rings is 3. The lowest BCUT2D eigenvalue weighted by molar-refractivity contribution is 0.0696. The maximum absolute atomic E-state index is 11.7. The van der Waals surface area contributed by atoms with E-state index in [1.165, 1.54) is 0 Å². The van der Waals surface area contributed by atoms with Gasteiger partial charge in [0, 0.05) is 11.5 Å². The molecule has 0 spiro atoms. The zero-order chi connectivity index (χ0) is 24.1. The maximum atomic E-state index is 11.7. The topological polar surface area (TPSA) is 67.3 Å². The molecule has 0 bridgehead atoms. The van der Waals surface area contributed by atoms with Crippen molar-refractivity contribution in [1.82, 2.24) is 4.98 Å². The Bertz CT molecular complexity index is 1300. The van der Waals surface area contributed by atoms with Crippen LogP contribution < -0.4 is 0 Å². The van der Waals surface area contributed by atoms with Crippen LogP contribution in [0.4, 0.5) is 0 Å². The number of carboxylic acids is 1. The third-order valence-corrected chi connectivity index (χ3v) is 6.21. The van der Waals surface area contributed by atoms with Crippen molar-refractivity contribution in [2.75, 3.05) is 0 Å². The van der Waals surface area contributed by atoms with E-state index in [1.54, 1.807) is 24.3 Å². The molecule has 0 amide bonds. The first-order valence-electron chi connectivity index (χ1n) is 10.7. The maximum Gasteiger partial charge on any atom is 0.335 e. The summed E-state index contributed by atoms with van der Waals surface area (Å²) >= 11 is 12.4. The molecular weight excluding hydrogens is 469 g/mol. The molecule has 34 heavy (non-hydrogen) atoms. The molecule has 3 aromatic carbocycles. The molecule has 0 aliphatic rings. The summed E-state index contributed by atoms with van der Waals surface area (Å²) in [5.74, 6) is -1.02. The van der Waals surface area contributed by atoms with Crippen LogP contribution in [-0.2, 0) is 6.42 Å². The number of aromatic carboxylic acids is 1. The number of halogens is 2. The SMILES string of the molecule is O=Cc1ccccc1[C@H](CCc1ccc(-c2ccc(C(=O)O)cc2)cc1)c1cc(Cl)nc(Cl)c1. The Balaban J connectivity index is 1.57. The number of hydrogen-bond acceptors (Lipinski definition) is 3. The molecule has 0 unspecified atom stereocenters. The molecular formula is C28H21Cl2NO3. The van der Waals surface area contributed by atoms with Gasteiger partial charge in [-0.25, -0.2) is 9.78 Å². The minimum atomic E-state index is -0.940. The van der Waals surface area contributed by atoms with Gasteiger partial charge in [0.2, 0.25) is 0 Å². The predicted octanol–water partition coefficient (Wildman–Crippen LogP) is 7.33. The van der Waals surface area contributed by atoms with Crippen LogP contribution in [0, 0.1) is 0 Å². The lowest BCUT2D eigenvalue weighted by Crippen LogP contribution is -2.07. The highest BCUT2D eigenvalue weighted by Gasteiger charge is 2.19. The molecule has 1 atom stereocenters. The summed E-state index contributed by atoms with van der Waals surface area (Å²) in [5, 5.41) is 9.71. The number of aromatic nitrogens is 1. The zero-order valence-corrected chi connectivity index (χ0v) is 19.6. The van der Waals surface area contributed by atoms with Crippen LogP contribution in [-0.4, -0.2) is 22.3 Å². The van der Waals surface area contributed by atoms with Gasteiger partial charge in [-0.1, -0.05) is 83.9 Å². The van der Waals surface area contributed by atoms with E-state index in [4.69, 9.17) is 28.3 Å². The van der Waals surface area contributed by atoms with Gasteiger partial charge in [-0.05, 0) is 64.9 Å². The smallest absolute Gasteiger partial charge is 0.335 e. The van der Waals surface area contributed by atoms with Gasteiger partial charge >= 0.3 is 5.97 Å². The number of aryl methyl sites for hydroxylation is 1. The summed E-state index contributed by atoms with van der Waals surface area (Å²) in [4.78, 5) is 26.8. The third kappa shape index (κ3) is 5.53. The Kier molecular flexibility index (Phi) is 7.41. The number of carboxylic acid groups (broad SMARTS) is 1. The van der Waals surface area contributed by atoms with Crippen molar-refractivity contribution in [3.05, 3.63) is 123 Å². The fraction of sp³-hybridized carbons (Fsp3) is 0.107. The molecule has 0 aliphatic heterocycles. The number of pyridine rings is 1. The van der Waals surface area contributed by atoms with Gasteiger partial charge in [0.05, 0.1) is 5.56 Å². The second kappa shape index (κ2) is 10.6. The fourth-order valence-electron chi connectivity index (χ4n) is 4.10. The van der Waals surface area contributed by atoms with Crippen molar-refractivity contribution in [2.24, 2.45) is 0 Å². The predicted molar refractivity (Wildman–Crippen MR) is 135 cm³/mol. The van der Waals surface area contributed by atoms with Crippen LogP contribution in [0.5, 0.6) is 0 Å². The molecule has 0 saturated carbocycles. The lowest BCUT2D eigenvalue weighted by Gasteiger charge is -2.20. The number of carbonyl (C=O) groups is 2. The van der Waals surface area contributed by atoms with Gasteiger partial charge in [-0.2, -0.15) is 0 Å². The van der Waals surface area contributed by atoms with Crippen LogP contribution in [0.2, 0.25) is 10.3 Å². The highest BCUT2D eigenvalue weighted by atomic mass is 35.5. The molecule has 6 heteroatoms. The monoisotopic (exact) mass is 489 g/mol.